The van der Waals surface area contributed by atoms with E-state index in [4.69, 9.17) is 0 Å². The van der Waals surface area contributed by atoms with Crippen LogP contribution in [0.2, 0.25) is 0 Å². The van der Waals surface area contributed by atoms with Gasteiger partial charge in [0.25, 0.3) is 0 Å². The Bertz CT molecular complexity index is 311. The van der Waals surface area contributed by atoms with Crippen molar-refractivity contribution >= 4 is 5.71 Å². The van der Waals surface area contributed by atoms with Crippen LogP contribution in [-0.2, 0) is 0 Å². The number of nitrogens with zero attached hydrogens (tertiary/aromatic N) is 1. The lowest BCUT2D eigenvalue weighted by Gasteiger charge is -2.05. The van der Waals surface area contributed by atoms with Crippen LogP contribution in [0.15, 0.2) is 23.2 Å². The molecule has 0 aliphatic rings. The largest absolute Gasteiger partial charge is 0.293 e. The quantitative estimate of drug-likeness (QED) is 0.561. The Morgan fingerprint density at radius 2 is 1.92 bits per heavy atom. The summed E-state index contributed by atoms with van der Waals surface area (Å²) in [6.07, 6.45) is 0. The highest BCUT2D eigenvalue weighted by Crippen LogP contribution is 2.11. The molecule has 1 aromatic rings. The zero-order valence-electron chi connectivity index (χ0n) is 8.18. The maximum atomic E-state index is 4.18. The monoisotopic (exact) mass is 161 g/mol. The summed E-state index contributed by atoms with van der Waals surface area (Å²) in [6.45, 7) is 6.26. The third-order valence-electron chi connectivity index (χ3n) is 2.12. The third-order valence-corrected chi connectivity index (χ3v) is 2.12. The number of aryl methyl sites for hydroxylation is 2. The zero-order chi connectivity index (χ0) is 9.14. The molecule has 0 unspecified atom stereocenters. The van der Waals surface area contributed by atoms with E-state index in [-0.39, 0.29) is 0 Å². The van der Waals surface area contributed by atoms with Gasteiger partial charge in [0.15, 0.2) is 0 Å². The molecule has 0 atom stereocenters. The Kier molecular flexibility index (Phi) is 2.64. The second kappa shape index (κ2) is 3.53. The molecule has 0 aromatic heterocycles. The summed E-state index contributed by atoms with van der Waals surface area (Å²) in [5.74, 6) is 0. The topological polar surface area (TPSA) is 12.4 Å². The van der Waals surface area contributed by atoms with Crippen LogP contribution < -0.4 is 0 Å². The Morgan fingerprint density at radius 1 is 1.25 bits per heavy atom. The predicted octanol–water partition coefficient (Wildman–Crippen LogP) is 2.74. The Hall–Kier alpha value is -1.11. The summed E-state index contributed by atoms with van der Waals surface area (Å²) in [7, 11) is 1.83. The van der Waals surface area contributed by atoms with E-state index < -0.39 is 0 Å². The smallest absolute Gasteiger partial charge is 0.0388 e. The third kappa shape index (κ3) is 1.73. The average molecular weight is 161 g/mol. The number of benzene rings is 1. The summed E-state index contributed by atoms with van der Waals surface area (Å²) in [5, 5.41) is 0. The standard InChI is InChI=1S/C11H15N/c1-8-5-6-9(2)11(7-8)10(3)12-4/h5-7H,1-4H3/b12-10+. The summed E-state index contributed by atoms with van der Waals surface area (Å²) in [4.78, 5) is 4.18. The molecule has 12 heavy (non-hydrogen) atoms. The van der Waals surface area contributed by atoms with Gasteiger partial charge in [-0.05, 0) is 38.0 Å². The highest BCUT2D eigenvalue weighted by atomic mass is 14.7. The van der Waals surface area contributed by atoms with Gasteiger partial charge in [-0.25, -0.2) is 0 Å². The minimum Gasteiger partial charge on any atom is -0.293 e. The number of rotatable bonds is 1. The Balaban J connectivity index is 3.23. The number of aliphatic imine (C=N–C) groups is 1. The van der Waals surface area contributed by atoms with Crippen molar-refractivity contribution in [2.24, 2.45) is 4.99 Å². The van der Waals surface area contributed by atoms with E-state index in [0.29, 0.717) is 0 Å². The minimum absolute atomic E-state index is 1.11. The molecule has 1 rings (SSSR count). The molecular formula is C11H15N. The van der Waals surface area contributed by atoms with E-state index in [9.17, 15) is 0 Å². The lowest BCUT2D eigenvalue weighted by Crippen LogP contribution is -1.97. The molecule has 0 bridgehead atoms. The van der Waals surface area contributed by atoms with Crippen molar-refractivity contribution in [1.82, 2.24) is 0 Å². The summed E-state index contributed by atoms with van der Waals surface area (Å²) in [5.41, 5.74) is 4.95. The van der Waals surface area contributed by atoms with Gasteiger partial charge in [-0.2, -0.15) is 0 Å². The lowest BCUT2D eigenvalue weighted by atomic mass is 10.0. The van der Waals surface area contributed by atoms with Gasteiger partial charge in [0.1, 0.15) is 0 Å². The SMILES string of the molecule is C/N=C(\C)c1cc(C)ccc1C. The van der Waals surface area contributed by atoms with Crippen molar-refractivity contribution in [3.8, 4) is 0 Å². The Morgan fingerprint density at radius 3 is 2.50 bits per heavy atom. The number of hydrogen-bond acceptors (Lipinski definition) is 1. The molecule has 0 aliphatic heterocycles. The van der Waals surface area contributed by atoms with E-state index >= 15 is 0 Å². The molecule has 0 amide bonds. The van der Waals surface area contributed by atoms with Crippen LogP contribution in [0.25, 0.3) is 0 Å². The molecule has 0 spiro atoms. The fraction of sp³-hybridized carbons (Fsp3) is 0.364. The highest BCUT2D eigenvalue weighted by Gasteiger charge is 2.00. The van der Waals surface area contributed by atoms with Crippen molar-refractivity contribution in [1.29, 1.82) is 0 Å². The van der Waals surface area contributed by atoms with E-state index in [1.807, 2.05) is 14.0 Å². The van der Waals surface area contributed by atoms with Gasteiger partial charge in [-0.1, -0.05) is 17.7 Å². The molecule has 0 heterocycles. The van der Waals surface area contributed by atoms with Gasteiger partial charge in [-0.15, -0.1) is 0 Å². The first-order chi connectivity index (χ1) is 5.65. The molecule has 0 radical (unpaired) electrons. The van der Waals surface area contributed by atoms with Crippen LogP contribution in [-0.4, -0.2) is 12.8 Å². The molecule has 0 aliphatic carbocycles. The molecule has 0 saturated heterocycles. The van der Waals surface area contributed by atoms with Gasteiger partial charge in [0.2, 0.25) is 0 Å². The van der Waals surface area contributed by atoms with Crippen molar-refractivity contribution in [3.63, 3.8) is 0 Å². The zero-order valence-corrected chi connectivity index (χ0v) is 8.18. The van der Waals surface area contributed by atoms with E-state index in [2.05, 4.69) is 37.0 Å². The molecule has 0 saturated carbocycles. The summed E-state index contributed by atoms with van der Waals surface area (Å²) in [6, 6.07) is 6.44. The van der Waals surface area contributed by atoms with Crippen LogP contribution >= 0.6 is 0 Å². The van der Waals surface area contributed by atoms with Crippen LogP contribution in [0.1, 0.15) is 23.6 Å². The van der Waals surface area contributed by atoms with Crippen molar-refractivity contribution in [2.45, 2.75) is 20.8 Å². The second-order valence-electron chi connectivity index (χ2n) is 3.13. The summed E-state index contributed by atoms with van der Waals surface area (Å²) >= 11 is 0. The maximum absolute atomic E-state index is 4.18. The van der Waals surface area contributed by atoms with Gasteiger partial charge in [0, 0.05) is 12.8 Å². The molecular weight excluding hydrogens is 146 g/mol. The average Bonchev–Trinajstić information content (AvgIpc) is 2.08. The van der Waals surface area contributed by atoms with E-state index in [0.717, 1.165) is 5.71 Å². The first kappa shape index (κ1) is 8.98. The first-order valence-electron chi connectivity index (χ1n) is 4.16. The van der Waals surface area contributed by atoms with Gasteiger partial charge in [-0.3, -0.25) is 4.99 Å². The predicted molar refractivity (Wildman–Crippen MR) is 54.1 cm³/mol. The second-order valence-corrected chi connectivity index (χ2v) is 3.13. The molecule has 1 aromatic carbocycles. The van der Waals surface area contributed by atoms with Crippen molar-refractivity contribution in [2.75, 3.05) is 7.05 Å². The summed E-state index contributed by atoms with van der Waals surface area (Å²) < 4.78 is 0. The first-order valence-corrected chi connectivity index (χ1v) is 4.16. The normalized spacial score (nSPS) is 11.8. The van der Waals surface area contributed by atoms with Gasteiger partial charge in [0.05, 0.1) is 0 Å². The van der Waals surface area contributed by atoms with Gasteiger partial charge >= 0.3 is 0 Å². The molecule has 64 valence electrons. The van der Waals surface area contributed by atoms with E-state index in [1.54, 1.807) is 0 Å². The van der Waals surface area contributed by atoms with Crippen LogP contribution in [0.5, 0.6) is 0 Å². The fourth-order valence-electron chi connectivity index (χ4n) is 1.25. The van der Waals surface area contributed by atoms with Crippen molar-refractivity contribution in [3.05, 3.63) is 34.9 Å². The van der Waals surface area contributed by atoms with Gasteiger partial charge < -0.3 is 0 Å². The van der Waals surface area contributed by atoms with Crippen LogP contribution in [0.3, 0.4) is 0 Å². The minimum atomic E-state index is 1.11. The molecule has 0 N–H and O–H groups in total. The van der Waals surface area contributed by atoms with E-state index in [1.165, 1.54) is 16.7 Å². The molecule has 1 nitrogen and oxygen atoms in total. The molecule has 1 heteroatoms. The van der Waals surface area contributed by atoms with Crippen molar-refractivity contribution < 1.29 is 0 Å². The lowest BCUT2D eigenvalue weighted by molar-refractivity contribution is 1.34. The maximum Gasteiger partial charge on any atom is 0.0388 e. The Labute approximate surface area is 74.2 Å². The fourth-order valence-corrected chi connectivity index (χ4v) is 1.25. The van der Waals surface area contributed by atoms with Crippen LogP contribution in [0.4, 0.5) is 0 Å². The van der Waals surface area contributed by atoms with Crippen LogP contribution in [0, 0.1) is 13.8 Å². The highest BCUT2D eigenvalue weighted by molar-refractivity contribution is 6.00. The molecule has 0 fully saturated rings. The number of hydrogen-bond donors (Lipinski definition) is 0.